The number of hydrogen-bond acceptors (Lipinski definition) is 4. The molecule has 0 atom stereocenters. The maximum absolute atomic E-state index is 12.2. The first-order valence-electron chi connectivity index (χ1n) is 7.71. The number of rotatable bonds is 7. The van der Waals surface area contributed by atoms with Crippen LogP contribution in [0.2, 0.25) is 0 Å². The van der Waals surface area contributed by atoms with E-state index in [9.17, 15) is 9.59 Å². The Bertz CT molecular complexity index is 707. The summed E-state index contributed by atoms with van der Waals surface area (Å²) < 4.78 is 10.5. The third-order valence-corrected chi connectivity index (χ3v) is 3.80. The molecular weight excluding hydrogens is 292 g/mol. The summed E-state index contributed by atoms with van der Waals surface area (Å²) in [7, 11) is 0. The zero-order valence-electron chi connectivity index (χ0n) is 12.8. The van der Waals surface area contributed by atoms with Crippen LogP contribution in [0.25, 0.3) is 0 Å². The van der Waals surface area contributed by atoms with Gasteiger partial charge in [0.05, 0.1) is 0 Å². The van der Waals surface area contributed by atoms with Gasteiger partial charge in [-0.15, -0.1) is 0 Å². The number of hydrogen-bond donors (Lipinski definition) is 0. The van der Waals surface area contributed by atoms with Crippen LogP contribution in [0.1, 0.15) is 35.2 Å². The van der Waals surface area contributed by atoms with Crippen molar-refractivity contribution in [1.29, 1.82) is 0 Å². The molecule has 2 aromatic carbocycles. The molecule has 0 saturated carbocycles. The van der Waals surface area contributed by atoms with Gasteiger partial charge in [-0.2, -0.15) is 0 Å². The van der Waals surface area contributed by atoms with Crippen molar-refractivity contribution in [2.45, 2.75) is 25.7 Å². The Kier molecular flexibility index (Phi) is 4.71. The van der Waals surface area contributed by atoms with Crippen LogP contribution < -0.4 is 9.47 Å². The second kappa shape index (κ2) is 7.09. The molecule has 0 saturated heterocycles. The third kappa shape index (κ3) is 3.97. The van der Waals surface area contributed by atoms with E-state index >= 15 is 0 Å². The minimum atomic E-state index is 0.0239. The number of carbonyl (C=O) groups is 2. The summed E-state index contributed by atoms with van der Waals surface area (Å²) in [4.78, 5) is 24.1. The molecule has 4 heteroatoms. The number of benzene rings is 2. The predicted octanol–water partition coefficient (Wildman–Crippen LogP) is 3.58. The lowest BCUT2D eigenvalue weighted by molar-refractivity contribution is -0.118. The van der Waals surface area contributed by atoms with E-state index in [2.05, 4.69) is 0 Å². The van der Waals surface area contributed by atoms with E-state index in [-0.39, 0.29) is 18.4 Å². The van der Waals surface area contributed by atoms with Crippen molar-refractivity contribution < 1.29 is 19.1 Å². The van der Waals surface area contributed by atoms with Gasteiger partial charge in [-0.3, -0.25) is 9.59 Å². The van der Waals surface area contributed by atoms with Crippen LogP contribution in [-0.4, -0.2) is 18.4 Å². The van der Waals surface area contributed by atoms with Crippen molar-refractivity contribution in [3.63, 3.8) is 0 Å². The van der Waals surface area contributed by atoms with Crippen LogP contribution in [0.4, 0.5) is 0 Å². The molecule has 23 heavy (non-hydrogen) atoms. The monoisotopic (exact) mass is 310 g/mol. The summed E-state index contributed by atoms with van der Waals surface area (Å²) in [6, 6.07) is 14.8. The molecule has 1 aliphatic heterocycles. The number of ketones is 2. The second-order valence-electron chi connectivity index (χ2n) is 5.55. The second-order valence-corrected chi connectivity index (χ2v) is 5.55. The van der Waals surface area contributed by atoms with Gasteiger partial charge in [0.25, 0.3) is 0 Å². The molecule has 0 radical (unpaired) electrons. The average Bonchev–Trinajstić information content (AvgIpc) is 3.03. The minimum absolute atomic E-state index is 0.0239. The summed E-state index contributed by atoms with van der Waals surface area (Å²) in [5.41, 5.74) is 1.62. The molecule has 0 fully saturated rings. The normalized spacial score (nSPS) is 12.2. The number of carbonyl (C=O) groups excluding carboxylic acids is 2. The highest BCUT2D eigenvalue weighted by molar-refractivity contribution is 5.97. The van der Waals surface area contributed by atoms with Gasteiger partial charge in [0.1, 0.15) is 5.78 Å². The molecule has 118 valence electrons. The smallest absolute Gasteiger partial charge is 0.231 e. The van der Waals surface area contributed by atoms with Gasteiger partial charge in [-0.1, -0.05) is 30.3 Å². The zero-order chi connectivity index (χ0) is 16.1. The van der Waals surface area contributed by atoms with E-state index < -0.39 is 0 Å². The highest BCUT2D eigenvalue weighted by Gasteiger charge is 2.16. The number of ether oxygens (including phenoxy) is 2. The molecule has 3 rings (SSSR count). The standard InChI is InChI=1S/C19H18O4/c20-16(11-14-5-2-1-3-6-14)7-4-8-17(21)15-9-10-18-19(12-15)23-13-22-18/h1-3,5-6,9-10,12H,4,7-8,11,13H2. The molecular formula is C19H18O4. The molecule has 0 unspecified atom stereocenters. The molecule has 0 spiro atoms. The van der Waals surface area contributed by atoms with Crippen LogP contribution in [0.5, 0.6) is 11.5 Å². The SMILES string of the molecule is O=C(CCCC(=O)c1ccc2c(c1)OCO2)Cc1ccccc1. The quantitative estimate of drug-likeness (QED) is 0.734. The Morgan fingerprint density at radius 3 is 2.52 bits per heavy atom. The first-order valence-corrected chi connectivity index (χ1v) is 7.71. The highest BCUT2D eigenvalue weighted by Crippen LogP contribution is 2.32. The first kappa shape index (κ1) is 15.3. The highest BCUT2D eigenvalue weighted by atomic mass is 16.7. The van der Waals surface area contributed by atoms with E-state index in [1.54, 1.807) is 18.2 Å². The molecule has 0 N–H and O–H groups in total. The Labute approximate surface area is 135 Å². The number of fused-ring (bicyclic) bond motifs is 1. The maximum atomic E-state index is 12.2. The fraction of sp³-hybridized carbons (Fsp3) is 0.263. The fourth-order valence-electron chi connectivity index (χ4n) is 2.57. The van der Waals surface area contributed by atoms with Crippen LogP contribution in [0, 0.1) is 0 Å². The third-order valence-electron chi connectivity index (χ3n) is 3.80. The maximum Gasteiger partial charge on any atom is 0.231 e. The van der Waals surface area contributed by atoms with E-state index in [1.165, 1.54) is 0 Å². The minimum Gasteiger partial charge on any atom is -0.454 e. The van der Waals surface area contributed by atoms with E-state index in [4.69, 9.17) is 9.47 Å². The lowest BCUT2D eigenvalue weighted by Gasteiger charge is -2.03. The molecule has 4 nitrogen and oxygen atoms in total. The Hall–Kier alpha value is -2.62. The molecule has 0 aromatic heterocycles. The van der Waals surface area contributed by atoms with Gasteiger partial charge in [0, 0.05) is 24.8 Å². The van der Waals surface area contributed by atoms with Gasteiger partial charge in [-0.05, 0) is 30.2 Å². The lowest BCUT2D eigenvalue weighted by atomic mass is 10.0. The summed E-state index contributed by atoms with van der Waals surface area (Å²) in [6.07, 6.45) is 1.78. The zero-order valence-corrected chi connectivity index (χ0v) is 12.8. The summed E-state index contributed by atoms with van der Waals surface area (Å²) in [5, 5.41) is 0. The first-order chi connectivity index (χ1) is 11.2. The molecule has 0 amide bonds. The van der Waals surface area contributed by atoms with E-state index in [0.29, 0.717) is 42.7 Å². The Morgan fingerprint density at radius 2 is 1.70 bits per heavy atom. The topological polar surface area (TPSA) is 52.6 Å². The van der Waals surface area contributed by atoms with E-state index in [1.807, 2.05) is 30.3 Å². The molecule has 1 aliphatic rings. The van der Waals surface area contributed by atoms with Gasteiger partial charge in [-0.25, -0.2) is 0 Å². The summed E-state index contributed by atoms with van der Waals surface area (Å²) in [5.74, 6) is 1.46. The summed E-state index contributed by atoms with van der Waals surface area (Å²) >= 11 is 0. The fourth-order valence-corrected chi connectivity index (χ4v) is 2.57. The van der Waals surface area contributed by atoms with Crippen molar-refractivity contribution in [3.05, 3.63) is 59.7 Å². The van der Waals surface area contributed by atoms with Gasteiger partial charge < -0.3 is 9.47 Å². The Morgan fingerprint density at radius 1 is 0.913 bits per heavy atom. The average molecular weight is 310 g/mol. The van der Waals surface area contributed by atoms with Gasteiger partial charge in [0.2, 0.25) is 6.79 Å². The van der Waals surface area contributed by atoms with Gasteiger partial charge >= 0.3 is 0 Å². The largest absolute Gasteiger partial charge is 0.454 e. The molecule has 2 aromatic rings. The predicted molar refractivity (Wildman–Crippen MR) is 85.9 cm³/mol. The van der Waals surface area contributed by atoms with Crippen molar-refractivity contribution in [2.75, 3.05) is 6.79 Å². The van der Waals surface area contributed by atoms with Crippen LogP contribution in [-0.2, 0) is 11.2 Å². The van der Waals surface area contributed by atoms with Crippen molar-refractivity contribution in [1.82, 2.24) is 0 Å². The van der Waals surface area contributed by atoms with Crippen molar-refractivity contribution >= 4 is 11.6 Å². The molecule has 0 bridgehead atoms. The Balaban J connectivity index is 1.47. The van der Waals surface area contributed by atoms with Crippen LogP contribution in [0.3, 0.4) is 0 Å². The lowest BCUT2D eigenvalue weighted by Crippen LogP contribution is -2.05. The number of Topliss-reactive ketones (excluding diaryl/α,β-unsaturated/α-hetero) is 2. The summed E-state index contributed by atoms with van der Waals surface area (Å²) in [6.45, 7) is 0.195. The van der Waals surface area contributed by atoms with Crippen LogP contribution >= 0.6 is 0 Å². The van der Waals surface area contributed by atoms with Crippen LogP contribution in [0.15, 0.2) is 48.5 Å². The molecule has 0 aliphatic carbocycles. The molecule has 1 heterocycles. The van der Waals surface area contributed by atoms with Crippen molar-refractivity contribution in [2.24, 2.45) is 0 Å². The van der Waals surface area contributed by atoms with Gasteiger partial charge in [0.15, 0.2) is 17.3 Å². The van der Waals surface area contributed by atoms with Crippen molar-refractivity contribution in [3.8, 4) is 11.5 Å². The van der Waals surface area contributed by atoms with E-state index in [0.717, 1.165) is 5.56 Å².